The number of halogens is 3. The molecule has 0 atom stereocenters. The quantitative estimate of drug-likeness (QED) is 0.737. The average molecular weight is 387 g/mol. The summed E-state index contributed by atoms with van der Waals surface area (Å²) < 4.78 is 66.6. The van der Waals surface area contributed by atoms with E-state index in [9.17, 15) is 21.6 Å². The second-order valence-electron chi connectivity index (χ2n) is 5.13. The summed E-state index contributed by atoms with van der Waals surface area (Å²) >= 11 is 0.872. The lowest BCUT2D eigenvalue weighted by Crippen LogP contribution is -2.11. The van der Waals surface area contributed by atoms with E-state index in [1.165, 1.54) is 19.2 Å². The molecule has 132 valence electrons. The van der Waals surface area contributed by atoms with E-state index in [2.05, 4.69) is 9.82 Å². The number of sulfonamides is 1. The van der Waals surface area contributed by atoms with Crippen LogP contribution in [0.15, 0.2) is 52.7 Å². The summed E-state index contributed by atoms with van der Waals surface area (Å²) in [5.74, 6) is 0. The van der Waals surface area contributed by atoms with Crippen molar-refractivity contribution in [2.45, 2.75) is 10.4 Å². The van der Waals surface area contributed by atoms with E-state index in [0.29, 0.717) is 10.6 Å². The largest absolute Gasteiger partial charge is 0.435 e. The maximum Gasteiger partial charge on any atom is 0.435 e. The first-order chi connectivity index (χ1) is 11.7. The highest BCUT2D eigenvalue weighted by atomic mass is 32.2. The number of anilines is 1. The van der Waals surface area contributed by atoms with Gasteiger partial charge in [-0.2, -0.15) is 18.3 Å². The van der Waals surface area contributed by atoms with Crippen molar-refractivity contribution < 1.29 is 21.6 Å². The molecule has 2 aromatic heterocycles. The Morgan fingerprint density at radius 1 is 1.12 bits per heavy atom. The van der Waals surface area contributed by atoms with Crippen LogP contribution in [0.3, 0.4) is 0 Å². The van der Waals surface area contributed by atoms with Crippen LogP contribution in [-0.2, 0) is 23.2 Å². The molecule has 0 bridgehead atoms. The summed E-state index contributed by atoms with van der Waals surface area (Å²) in [7, 11) is -2.44. The van der Waals surface area contributed by atoms with Crippen molar-refractivity contribution in [2.75, 3.05) is 4.72 Å². The maximum absolute atomic E-state index is 12.8. The number of nitrogens with zero attached hydrogens (tertiary/aromatic N) is 2. The minimum Gasteiger partial charge on any atom is -0.279 e. The third-order valence-corrected chi connectivity index (χ3v) is 6.28. The standard InChI is InChI=1S/C15H12F3N3O2S2/c1-21-11(9-13(19-21)15(16,17)18)12-7-8-14(24-12)25(22,23)20-10-5-3-2-4-6-10/h2-9,20H,1H3. The molecule has 0 aliphatic rings. The summed E-state index contributed by atoms with van der Waals surface area (Å²) in [6.45, 7) is 0. The predicted octanol–water partition coefficient (Wildman–Crippen LogP) is 3.97. The lowest BCUT2D eigenvalue weighted by molar-refractivity contribution is -0.141. The number of alkyl halides is 3. The van der Waals surface area contributed by atoms with Crippen molar-refractivity contribution in [2.24, 2.45) is 7.05 Å². The predicted molar refractivity (Wildman–Crippen MR) is 88.8 cm³/mol. The van der Waals surface area contributed by atoms with Gasteiger partial charge in [-0.05, 0) is 30.3 Å². The zero-order chi connectivity index (χ0) is 18.2. The Labute approximate surface area is 145 Å². The van der Waals surface area contributed by atoms with Crippen LogP contribution in [0.25, 0.3) is 10.6 Å². The van der Waals surface area contributed by atoms with Gasteiger partial charge in [0.2, 0.25) is 0 Å². The van der Waals surface area contributed by atoms with Crippen molar-refractivity contribution in [1.82, 2.24) is 9.78 Å². The Morgan fingerprint density at radius 2 is 1.80 bits per heavy atom. The van der Waals surface area contributed by atoms with Crippen molar-refractivity contribution >= 4 is 27.0 Å². The van der Waals surface area contributed by atoms with Gasteiger partial charge in [-0.15, -0.1) is 11.3 Å². The van der Waals surface area contributed by atoms with Crippen LogP contribution in [0.2, 0.25) is 0 Å². The van der Waals surface area contributed by atoms with Gasteiger partial charge in [0.1, 0.15) is 4.21 Å². The van der Waals surface area contributed by atoms with Crippen LogP contribution < -0.4 is 4.72 Å². The lowest BCUT2D eigenvalue weighted by Gasteiger charge is -2.05. The van der Waals surface area contributed by atoms with E-state index in [1.54, 1.807) is 30.3 Å². The fraction of sp³-hybridized carbons (Fsp3) is 0.133. The van der Waals surface area contributed by atoms with Crippen LogP contribution >= 0.6 is 11.3 Å². The van der Waals surface area contributed by atoms with Crippen LogP contribution in [0.4, 0.5) is 18.9 Å². The Balaban J connectivity index is 1.91. The molecule has 5 nitrogen and oxygen atoms in total. The second kappa shape index (κ2) is 6.19. The molecule has 10 heteroatoms. The highest BCUT2D eigenvalue weighted by Gasteiger charge is 2.35. The molecule has 1 N–H and O–H groups in total. The number of hydrogen-bond acceptors (Lipinski definition) is 4. The van der Waals surface area contributed by atoms with Gasteiger partial charge in [0.25, 0.3) is 10.0 Å². The van der Waals surface area contributed by atoms with E-state index in [1.807, 2.05) is 0 Å². The first-order valence-electron chi connectivity index (χ1n) is 6.96. The van der Waals surface area contributed by atoms with E-state index >= 15 is 0 Å². The monoisotopic (exact) mass is 387 g/mol. The zero-order valence-electron chi connectivity index (χ0n) is 12.8. The summed E-state index contributed by atoms with van der Waals surface area (Å²) in [5.41, 5.74) is -0.430. The molecule has 0 aliphatic carbocycles. The van der Waals surface area contributed by atoms with Crippen LogP contribution in [0.1, 0.15) is 5.69 Å². The zero-order valence-corrected chi connectivity index (χ0v) is 14.4. The van der Waals surface area contributed by atoms with E-state index in [4.69, 9.17) is 0 Å². The Hall–Kier alpha value is -2.33. The number of para-hydroxylation sites is 1. The molecule has 0 fully saturated rings. The van der Waals surface area contributed by atoms with Crippen molar-refractivity contribution in [1.29, 1.82) is 0 Å². The molecule has 0 aliphatic heterocycles. The van der Waals surface area contributed by atoms with Gasteiger partial charge >= 0.3 is 6.18 Å². The van der Waals surface area contributed by atoms with E-state index in [0.717, 1.165) is 22.1 Å². The fourth-order valence-electron chi connectivity index (χ4n) is 2.15. The van der Waals surface area contributed by atoms with Crippen LogP contribution in [0, 0.1) is 0 Å². The molecule has 0 saturated carbocycles. The maximum atomic E-state index is 12.8. The third kappa shape index (κ3) is 3.69. The Bertz CT molecular complexity index is 993. The molecule has 2 heterocycles. The van der Waals surface area contributed by atoms with Gasteiger partial charge in [-0.1, -0.05) is 18.2 Å². The van der Waals surface area contributed by atoms with Crippen molar-refractivity contribution in [3.05, 3.63) is 54.2 Å². The van der Waals surface area contributed by atoms with Gasteiger partial charge in [0.15, 0.2) is 5.69 Å². The molecular weight excluding hydrogens is 375 g/mol. The molecule has 0 amide bonds. The van der Waals surface area contributed by atoms with E-state index < -0.39 is 21.9 Å². The topological polar surface area (TPSA) is 64.0 Å². The molecule has 3 aromatic rings. The average Bonchev–Trinajstić information content (AvgIpc) is 3.14. The van der Waals surface area contributed by atoms with Gasteiger partial charge in [-0.3, -0.25) is 9.40 Å². The Kier molecular flexibility index (Phi) is 4.33. The number of hydrogen-bond donors (Lipinski definition) is 1. The fourth-order valence-corrected chi connectivity index (χ4v) is 4.56. The number of aryl methyl sites for hydroxylation is 1. The van der Waals surface area contributed by atoms with Gasteiger partial charge in [-0.25, -0.2) is 8.42 Å². The number of rotatable bonds is 4. The SMILES string of the molecule is Cn1nc(C(F)(F)F)cc1-c1ccc(S(=O)(=O)Nc2ccccc2)s1. The number of aromatic nitrogens is 2. The molecular formula is C15H12F3N3O2S2. The first-order valence-corrected chi connectivity index (χ1v) is 9.26. The van der Waals surface area contributed by atoms with Gasteiger partial charge in [0.05, 0.1) is 10.6 Å². The number of nitrogens with one attached hydrogen (secondary N) is 1. The first kappa shape index (κ1) is 17.5. The molecule has 0 radical (unpaired) electrons. The highest BCUT2D eigenvalue weighted by Crippen LogP contribution is 2.35. The molecule has 3 rings (SSSR count). The van der Waals surface area contributed by atoms with Crippen molar-refractivity contribution in [3.8, 4) is 10.6 Å². The van der Waals surface area contributed by atoms with Crippen LogP contribution in [0.5, 0.6) is 0 Å². The molecule has 0 saturated heterocycles. The molecule has 1 aromatic carbocycles. The smallest absolute Gasteiger partial charge is 0.279 e. The highest BCUT2D eigenvalue weighted by molar-refractivity contribution is 7.94. The molecule has 0 spiro atoms. The van der Waals surface area contributed by atoms with Gasteiger partial charge in [0, 0.05) is 12.7 Å². The normalized spacial score (nSPS) is 12.3. The summed E-state index contributed by atoms with van der Waals surface area (Å²) in [4.78, 5) is 0.374. The molecule has 0 unspecified atom stereocenters. The number of thiophene rings is 1. The van der Waals surface area contributed by atoms with Crippen LogP contribution in [-0.4, -0.2) is 18.2 Å². The van der Waals surface area contributed by atoms with E-state index in [-0.39, 0.29) is 9.90 Å². The third-order valence-electron chi connectivity index (χ3n) is 3.29. The number of benzene rings is 1. The lowest BCUT2D eigenvalue weighted by atomic mass is 10.3. The summed E-state index contributed by atoms with van der Waals surface area (Å²) in [6, 6.07) is 12.0. The summed E-state index contributed by atoms with van der Waals surface area (Å²) in [5, 5.41) is 3.43. The summed E-state index contributed by atoms with van der Waals surface area (Å²) in [6.07, 6.45) is -4.56. The minimum absolute atomic E-state index is 0.00103. The van der Waals surface area contributed by atoms with Gasteiger partial charge < -0.3 is 0 Å². The minimum atomic E-state index is -4.56. The molecule has 25 heavy (non-hydrogen) atoms. The van der Waals surface area contributed by atoms with Crippen molar-refractivity contribution in [3.63, 3.8) is 0 Å². The Morgan fingerprint density at radius 3 is 2.40 bits per heavy atom. The second-order valence-corrected chi connectivity index (χ2v) is 8.12.